The molecule has 1 aliphatic carbocycles. The van der Waals surface area contributed by atoms with Gasteiger partial charge < -0.3 is 0 Å². The van der Waals surface area contributed by atoms with E-state index in [0.717, 1.165) is 30.5 Å². The van der Waals surface area contributed by atoms with Gasteiger partial charge in [0.1, 0.15) is 0 Å². The molecule has 1 saturated carbocycles. The summed E-state index contributed by atoms with van der Waals surface area (Å²) in [6.07, 6.45) is 5.67. The summed E-state index contributed by atoms with van der Waals surface area (Å²) >= 11 is 0. The van der Waals surface area contributed by atoms with Gasteiger partial charge in [0.2, 0.25) is 0 Å². The van der Waals surface area contributed by atoms with Gasteiger partial charge in [0.05, 0.1) is 6.04 Å². The van der Waals surface area contributed by atoms with Gasteiger partial charge in [-0.1, -0.05) is 19.8 Å². The van der Waals surface area contributed by atoms with Crippen molar-refractivity contribution >= 4 is 0 Å². The lowest BCUT2D eigenvalue weighted by Crippen LogP contribution is -2.22. The smallest absolute Gasteiger partial charge is 0.270 e. The van der Waals surface area contributed by atoms with E-state index in [1.54, 1.807) is 0 Å². The van der Waals surface area contributed by atoms with Crippen molar-refractivity contribution in [1.82, 2.24) is 9.78 Å². The van der Waals surface area contributed by atoms with E-state index in [9.17, 15) is 4.79 Å². The van der Waals surface area contributed by atoms with Crippen LogP contribution in [-0.2, 0) is 6.42 Å². The maximum absolute atomic E-state index is 11.9. The van der Waals surface area contributed by atoms with E-state index in [0.29, 0.717) is 6.04 Å². The molecule has 1 heterocycles. The maximum atomic E-state index is 11.9. The van der Waals surface area contributed by atoms with Crippen molar-refractivity contribution < 1.29 is 0 Å². The van der Waals surface area contributed by atoms with Crippen LogP contribution in [0, 0.1) is 6.92 Å². The molecule has 0 aliphatic heterocycles. The molecule has 2 rings (SSSR count). The molecule has 0 bridgehead atoms. The Labute approximate surface area is 84.1 Å². The third-order valence-corrected chi connectivity index (χ3v) is 3.26. The first-order chi connectivity index (χ1) is 6.74. The molecule has 0 spiro atoms. The lowest BCUT2D eigenvalue weighted by atomic mass is 10.2. The molecule has 1 N–H and O–H groups in total. The molecule has 1 aromatic rings. The van der Waals surface area contributed by atoms with Gasteiger partial charge in [-0.25, -0.2) is 4.68 Å². The fraction of sp³-hybridized carbons (Fsp3) is 0.727. The second kappa shape index (κ2) is 3.64. The number of aromatic amines is 1. The van der Waals surface area contributed by atoms with Crippen LogP contribution in [0.3, 0.4) is 0 Å². The Morgan fingerprint density at radius 3 is 2.57 bits per heavy atom. The molecule has 1 aromatic heterocycles. The first kappa shape index (κ1) is 9.56. The maximum Gasteiger partial charge on any atom is 0.270 e. The zero-order valence-corrected chi connectivity index (χ0v) is 8.97. The normalized spacial score (nSPS) is 17.9. The molecule has 0 amide bonds. The zero-order chi connectivity index (χ0) is 10.1. The second-order valence-electron chi connectivity index (χ2n) is 4.18. The summed E-state index contributed by atoms with van der Waals surface area (Å²) in [5, 5.41) is 3.21. The van der Waals surface area contributed by atoms with Gasteiger partial charge in [-0.2, -0.15) is 0 Å². The van der Waals surface area contributed by atoms with Crippen molar-refractivity contribution in [3.63, 3.8) is 0 Å². The van der Waals surface area contributed by atoms with Gasteiger partial charge in [-0.3, -0.25) is 9.89 Å². The Morgan fingerprint density at radius 2 is 2.07 bits per heavy atom. The SMILES string of the molecule is CCc1c(C)[nH]n(C2CCCC2)c1=O. The number of aromatic nitrogens is 2. The van der Waals surface area contributed by atoms with Crippen molar-refractivity contribution in [2.75, 3.05) is 0 Å². The molecule has 14 heavy (non-hydrogen) atoms. The minimum Gasteiger partial charge on any atom is -0.299 e. The fourth-order valence-corrected chi connectivity index (χ4v) is 2.44. The summed E-state index contributed by atoms with van der Waals surface area (Å²) < 4.78 is 1.85. The van der Waals surface area contributed by atoms with Crippen LogP contribution in [0.1, 0.15) is 49.9 Å². The molecule has 3 heteroatoms. The van der Waals surface area contributed by atoms with Crippen molar-refractivity contribution in [2.45, 2.75) is 52.0 Å². The number of aryl methyl sites for hydroxylation is 1. The Balaban J connectivity index is 2.38. The molecular weight excluding hydrogens is 176 g/mol. The topological polar surface area (TPSA) is 37.8 Å². The van der Waals surface area contributed by atoms with Crippen LogP contribution in [0.5, 0.6) is 0 Å². The van der Waals surface area contributed by atoms with Crippen LogP contribution in [0.2, 0.25) is 0 Å². The van der Waals surface area contributed by atoms with E-state index in [2.05, 4.69) is 5.10 Å². The van der Waals surface area contributed by atoms with Crippen molar-refractivity contribution in [3.05, 3.63) is 21.6 Å². The molecule has 0 radical (unpaired) electrons. The minimum atomic E-state index is 0.205. The molecule has 1 aliphatic rings. The molecule has 0 atom stereocenters. The largest absolute Gasteiger partial charge is 0.299 e. The number of hydrogen-bond donors (Lipinski definition) is 1. The Bertz CT molecular complexity index is 369. The molecule has 1 fully saturated rings. The lowest BCUT2D eigenvalue weighted by molar-refractivity contribution is 0.452. The fourth-order valence-electron chi connectivity index (χ4n) is 2.44. The predicted octanol–water partition coefficient (Wildman–Crippen LogP) is 2.16. The van der Waals surface area contributed by atoms with E-state index in [-0.39, 0.29) is 5.56 Å². The summed E-state index contributed by atoms with van der Waals surface area (Å²) in [4.78, 5) is 11.9. The summed E-state index contributed by atoms with van der Waals surface area (Å²) in [7, 11) is 0. The zero-order valence-electron chi connectivity index (χ0n) is 8.97. The average Bonchev–Trinajstić information content (AvgIpc) is 2.74. The average molecular weight is 194 g/mol. The van der Waals surface area contributed by atoms with E-state index in [1.165, 1.54) is 12.8 Å². The predicted molar refractivity (Wildman–Crippen MR) is 56.7 cm³/mol. The number of nitrogens with zero attached hydrogens (tertiary/aromatic N) is 1. The molecular formula is C11H18N2O. The monoisotopic (exact) mass is 194 g/mol. The third-order valence-electron chi connectivity index (χ3n) is 3.26. The highest BCUT2D eigenvalue weighted by Crippen LogP contribution is 2.27. The quantitative estimate of drug-likeness (QED) is 0.769. The van der Waals surface area contributed by atoms with Crippen molar-refractivity contribution in [1.29, 1.82) is 0 Å². The third kappa shape index (κ3) is 1.41. The Kier molecular flexibility index (Phi) is 2.48. The summed E-state index contributed by atoms with van der Waals surface area (Å²) in [6, 6.07) is 0.432. The first-order valence-corrected chi connectivity index (χ1v) is 5.54. The molecule has 0 saturated heterocycles. The van der Waals surface area contributed by atoms with E-state index < -0.39 is 0 Å². The Hall–Kier alpha value is -0.990. The van der Waals surface area contributed by atoms with Crippen LogP contribution in [0.4, 0.5) is 0 Å². The highest BCUT2D eigenvalue weighted by atomic mass is 16.1. The van der Waals surface area contributed by atoms with Crippen molar-refractivity contribution in [3.8, 4) is 0 Å². The number of rotatable bonds is 2. The van der Waals surface area contributed by atoms with Gasteiger partial charge in [0.15, 0.2) is 0 Å². The van der Waals surface area contributed by atoms with E-state index in [4.69, 9.17) is 0 Å². The number of H-pyrrole nitrogens is 1. The van der Waals surface area contributed by atoms with Crippen molar-refractivity contribution in [2.24, 2.45) is 0 Å². The molecule has 0 aromatic carbocycles. The molecule has 0 unspecified atom stereocenters. The van der Waals surface area contributed by atoms with Crippen LogP contribution >= 0.6 is 0 Å². The van der Waals surface area contributed by atoms with E-state index >= 15 is 0 Å². The van der Waals surface area contributed by atoms with Gasteiger partial charge in [0.25, 0.3) is 5.56 Å². The summed E-state index contributed by atoms with van der Waals surface area (Å²) in [5.41, 5.74) is 2.21. The van der Waals surface area contributed by atoms with E-state index in [1.807, 2.05) is 18.5 Å². The highest BCUT2D eigenvalue weighted by molar-refractivity contribution is 5.15. The minimum absolute atomic E-state index is 0.205. The van der Waals surface area contributed by atoms with Crippen LogP contribution in [0.25, 0.3) is 0 Å². The Morgan fingerprint density at radius 1 is 1.43 bits per heavy atom. The molecule has 78 valence electrons. The standard InChI is InChI=1S/C11H18N2O/c1-3-10-8(2)12-13(11(10)14)9-6-4-5-7-9/h9,12H,3-7H2,1-2H3. The lowest BCUT2D eigenvalue weighted by Gasteiger charge is -2.08. The number of hydrogen-bond acceptors (Lipinski definition) is 1. The van der Waals surface area contributed by atoms with Gasteiger partial charge in [-0.05, 0) is 26.2 Å². The number of nitrogens with one attached hydrogen (secondary N) is 1. The molecule has 3 nitrogen and oxygen atoms in total. The highest BCUT2D eigenvalue weighted by Gasteiger charge is 2.20. The van der Waals surface area contributed by atoms with Crippen LogP contribution in [-0.4, -0.2) is 9.78 Å². The van der Waals surface area contributed by atoms with Gasteiger partial charge in [0, 0.05) is 11.3 Å². The van der Waals surface area contributed by atoms with Gasteiger partial charge in [-0.15, -0.1) is 0 Å². The van der Waals surface area contributed by atoms with Crippen LogP contribution < -0.4 is 5.56 Å². The second-order valence-corrected chi connectivity index (χ2v) is 4.18. The first-order valence-electron chi connectivity index (χ1n) is 5.54. The summed E-state index contributed by atoms with van der Waals surface area (Å²) in [6.45, 7) is 4.03. The van der Waals surface area contributed by atoms with Gasteiger partial charge >= 0.3 is 0 Å². The van der Waals surface area contributed by atoms with Crippen LogP contribution in [0.15, 0.2) is 4.79 Å². The summed E-state index contributed by atoms with van der Waals surface area (Å²) in [5.74, 6) is 0.